The number of rotatable bonds is 5. The summed E-state index contributed by atoms with van der Waals surface area (Å²) < 4.78 is 43.9. The van der Waals surface area contributed by atoms with E-state index in [2.05, 4.69) is 10.1 Å². The molecule has 0 atom stereocenters. The van der Waals surface area contributed by atoms with Crippen molar-refractivity contribution in [2.75, 3.05) is 11.9 Å². The number of anilines is 1. The number of carbonyl (C=O) groups excluding carboxylic acids is 2. The lowest BCUT2D eigenvalue weighted by atomic mass is 10.2. The molecule has 4 nitrogen and oxygen atoms in total. The Labute approximate surface area is 145 Å². The zero-order valence-electron chi connectivity index (χ0n) is 12.6. The highest BCUT2D eigenvalue weighted by Gasteiger charge is 2.09. The van der Waals surface area contributed by atoms with Crippen molar-refractivity contribution in [3.8, 4) is 0 Å². The molecule has 0 aliphatic heterocycles. The Morgan fingerprint density at radius 2 is 1.84 bits per heavy atom. The monoisotopic (exact) mass is 369 g/mol. The minimum Gasteiger partial charge on any atom is -0.452 e. The van der Waals surface area contributed by atoms with Gasteiger partial charge >= 0.3 is 5.97 Å². The highest BCUT2D eigenvalue weighted by atomic mass is 35.5. The molecule has 1 amide bonds. The third-order valence-electron chi connectivity index (χ3n) is 2.93. The standard InChI is InChI=1S/C17H11ClF3NO3/c18-12-2-1-3-13(19)11(12)5-7-17(24)25-9-16(23)22-10-4-6-14(20)15(21)8-10/h1-8H,9H2,(H,22,23)/b7-5+. The number of ether oxygens (including phenoxy) is 1. The molecular weight excluding hydrogens is 359 g/mol. The van der Waals surface area contributed by atoms with Crippen LogP contribution in [0.5, 0.6) is 0 Å². The van der Waals surface area contributed by atoms with Gasteiger partial charge in [0.25, 0.3) is 5.91 Å². The zero-order valence-corrected chi connectivity index (χ0v) is 13.3. The van der Waals surface area contributed by atoms with Gasteiger partial charge in [-0.15, -0.1) is 0 Å². The maximum absolute atomic E-state index is 13.5. The third-order valence-corrected chi connectivity index (χ3v) is 3.26. The fourth-order valence-electron chi connectivity index (χ4n) is 1.78. The first-order valence-corrected chi connectivity index (χ1v) is 7.28. The Morgan fingerprint density at radius 3 is 2.52 bits per heavy atom. The number of esters is 1. The summed E-state index contributed by atoms with van der Waals surface area (Å²) >= 11 is 5.79. The molecule has 8 heteroatoms. The fourth-order valence-corrected chi connectivity index (χ4v) is 2.00. The van der Waals surface area contributed by atoms with Crippen LogP contribution in [0.2, 0.25) is 5.02 Å². The minimum atomic E-state index is -1.13. The van der Waals surface area contributed by atoms with E-state index in [9.17, 15) is 22.8 Å². The van der Waals surface area contributed by atoms with Crippen molar-refractivity contribution in [2.24, 2.45) is 0 Å². The maximum atomic E-state index is 13.5. The Balaban J connectivity index is 1.88. The van der Waals surface area contributed by atoms with Crippen LogP contribution >= 0.6 is 11.6 Å². The van der Waals surface area contributed by atoms with Gasteiger partial charge in [-0.2, -0.15) is 0 Å². The SMILES string of the molecule is O=C(COC(=O)/C=C/c1c(F)cccc1Cl)Nc1ccc(F)c(F)c1. The van der Waals surface area contributed by atoms with Gasteiger partial charge in [0.05, 0.1) is 5.02 Å². The molecule has 0 fully saturated rings. The molecule has 0 spiro atoms. The number of halogens is 4. The van der Waals surface area contributed by atoms with E-state index in [1.165, 1.54) is 18.2 Å². The Morgan fingerprint density at radius 1 is 1.08 bits per heavy atom. The van der Waals surface area contributed by atoms with Crippen LogP contribution in [0.25, 0.3) is 6.08 Å². The Hall–Kier alpha value is -2.80. The lowest BCUT2D eigenvalue weighted by Crippen LogP contribution is -2.20. The van der Waals surface area contributed by atoms with Gasteiger partial charge in [0.1, 0.15) is 5.82 Å². The molecule has 2 aromatic rings. The molecule has 0 radical (unpaired) electrons. The van der Waals surface area contributed by atoms with Crippen molar-refractivity contribution in [1.29, 1.82) is 0 Å². The summed E-state index contributed by atoms with van der Waals surface area (Å²) in [5.74, 6) is -4.45. The maximum Gasteiger partial charge on any atom is 0.331 e. The first-order valence-electron chi connectivity index (χ1n) is 6.90. The van der Waals surface area contributed by atoms with Crippen LogP contribution in [-0.4, -0.2) is 18.5 Å². The summed E-state index contributed by atoms with van der Waals surface area (Å²) in [4.78, 5) is 23.1. The van der Waals surface area contributed by atoms with Gasteiger partial charge in [0, 0.05) is 23.4 Å². The summed E-state index contributed by atoms with van der Waals surface area (Å²) in [7, 11) is 0. The van der Waals surface area contributed by atoms with Crippen molar-refractivity contribution in [2.45, 2.75) is 0 Å². The molecular formula is C17H11ClF3NO3. The van der Waals surface area contributed by atoms with E-state index in [1.807, 2.05) is 0 Å². The van der Waals surface area contributed by atoms with Crippen molar-refractivity contribution in [3.05, 3.63) is 70.5 Å². The van der Waals surface area contributed by atoms with Gasteiger partial charge in [0.15, 0.2) is 18.2 Å². The third kappa shape index (κ3) is 5.36. The van der Waals surface area contributed by atoms with Crippen LogP contribution in [0.1, 0.15) is 5.56 Å². The van der Waals surface area contributed by atoms with Gasteiger partial charge in [-0.05, 0) is 30.3 Å². The molecule has 0 bridgehead atoms. The average Bonchev–Trinajstić information content (AvgIpc) is 2.56. The number of hydrogen-bond acceptors (Lipinski definition) is 3. The first-order chi connectivity index (χ1) is 11.9. The van der Waals surface area contributed by atoms with Crippen LogP contribution in [0.15, 0.2) is 42.5 Å². The van der Waals surface area contributed by atoms with Crippen LogP contribution in [0.3, 0.4) is 0 Å². The minimum absolute atomic E-state index is 0.00681. The summed E-state index contributed by atoms with van der Waals surface area (Å²) in [6.45, 7) is -0.660. The predicted molar refractivity (Wildman–Crippen MR) is 86.4 cm³/mol. The van der Waals surface area contributed by atoms with E-state index in [1.54, 1.807) is 0 Å². The number of benzene rings is 2. The highest BCUT2D eigenvalue weighted by Crippen LogP contribution is 2.20. The number of hydrogen-bond donors (Lipinski definition) is 1. The second kappa shape index (κ2) is 8.34. The highest BCUT2D eigenvalue weighted by molar-refractivity contribution is 6.32. The van der Waals surface area contributed by atoms with Crippen LogP contribution in [0, 0.1) is 17.5 Å². The van der Waals surface area contributed by atoms with Gasteiger partial charge in [-0.1, -0.05) is 17.7 Å². The molecule has 130 valence electrons. The van der Waals surface area contributed by atoms with E-state index < -0.39 is 35.9 Å². The molecule has 0 unspecified atom stereocenters. The first kappa shape index (κ1) is 18.5. The van der Waals surface area contributed by atoms with Gasteiger partial charge in [-0.3, -0.25) is 4.79 Å². The van der Waals surface area contributed by atoms with E-state index in [0.29, 0.717) is 0 Å². The van der Waals surface area contributed by atoms with Crippen molar-refractivity contribution in [1.82, 2.24) is 0 Å². The average molecular weight is 370 g/mol. The molecule has 0 aliphatic carbocycles. The Kier molecular flexibility index (Phi) is 6.19. The molecule has 0 heterocycles. The number of nitrogens with one attached hydrogen (secondary N) is 1. The van der Waals surface area contributed by atoms with E-state index in [-0.39, 0.29) is 16.3 Å². The molecule has 1 N–H and O–H groups in total. The number of carbonyl (C=O) groups is 2. The normalized spacial score (nSPS) is 10.7. The molecule has 0 aromatic heterocycles. The van der Waals surface area contributed by atoms with Crippen molar-refractivity contribution in [3.63, 3.8) is 0 Å². The predicted octanol–water partition coefficient (Wildman–Crippen LogP) is 3.95. The lowest BCUT2D eigenvalue weighted by Gasteiger charge is -2.06. The lowest BCUT2D eigenvalue weighted by molar-refractivity contribution is -0.142. The van der Waals surface area contributed by atoms with Crippen molar-refractivity contribution >= 4 is 35.2 Å². The van der Waals surface area contributed by atoms with E-state index >= 15 is 0 Å². The summed E-state index contributed by atoms with van der Waals surface area (Å²) in [5.41, 5.74) is 0.0148. The van der Waals surface area contributed by atoms with Crippen LogP contribution in [-0.2, 0) is 14.3 Å². The molecule has 0 saturated carbocycles. The quantitative estimate of drug-likeness (QED) is 0.641. The van der Waals surface area contributed by atoms with Gasteiger partial charge < -0.3 is 10.1 Å². The van der Waals surface area contributed by atoms with Crippen LogP contribution in [0.4, 0.5) is 18.9 Å². The summed E-state index contributed by atoms with van der Waals surface area (Å²) in [6, 6.07) is 6.82. The summed E-state index contributed by atoms with van der Waals surface area (Å²) in [5, 5.41) is 2.34. The molecule has 2 aromatic carbocycles. The largest absolute Gasteiger partial charge is 0.452 e. The smallest absolute Gasteiger partial charge is 0.331 e. The summed E-state index contributed by atoms with van der Waals surface area (Å²) in [6.07, 6.45) is 2.03. The number of amides is 1. The van der Waals surface area contributed by atoms with E-state index in [4.69, 9.17) is 11.6 Å². The molecule has 0 aliphatic rings. The van der Waals surface area contributed by atoms with Gasteiger partial charge in [-0.25, -0.2) is 18.0 Å². The van der Waals surface area contributed by atoms with Gasteiger partial charge in [0.2, 0.25) is 0 Å². The van der Waals surface area contributed by atoms with Crippen LogP contribution < -0.4 is 5.32 Å². The zero-order chi connectivity index (χ0) is 18.4. The fraction of sp³-hybridized carbons (Fsp3) is 0.0588. The molecule has 0 saturated heterocycles. The second-order valence-corrected chi connectivity index (χ2v) is 5.16. The second-order valence-electron chi connectivity index (χ2n) is 4.75. The topological polar surface area (TPSA) is 55.4 Å². The van der Waals surface area contributed by atoms with Crippen molar-refractivity contribution < 1.29 is 27.5 Å². The Bertz CT molecular complexity index is 820. The van der Waals surface area contributed by atoms with E-state index in [0.717, 1.165) is 30.4 Å². The molecule has 2 rings (SSSR count). The molecule has 25 heavy (non-hydrogen) atoms.